The standard InChI is InChI=1S/C7H11N5O/c1-4-3-5(2)10-7(9-4)12-11-6(8)13/h3H,1-2H3,(H3,8,11,13)(H,9,10,12). The van der Waals surface area contributed by atoms with Crippen LogP contribution in [0, 0.1) is 13.8 Å². The minimum Gasteiger partial charge on any atom is -0.350 e. The van der Waals surface area contributed by atoms with Gasteiger partial charge < -0.3 is 5.73 Å². The van der Waals surface area contributed by atoms with Gasteiger partial charge in [-0.3, -0.25) is 5.43 Å². The van der Waals surface area contributed by atoms with Gasteiger partial charge in [-0.15, -0.1) is 0 Å². The fourth-order valence-corrected chi connectivity index (χ4v) is 0.899. The van der Waals surface area contributed by atoms with E-state index >= 15 is 0 Å². The molecule has 0 saturated heterocycles. The third-order valence-electron chi connectivity index (χ3n) is 1.28. The van der Waals surface area contributed by atoms with E-state index < -0.39 is 6.03 Å². The Morgan fingerprint density at radius 3 is 2.38 bits per heavy atom. The SMILES string of the molecule is Cc1cc(C)nc(NNC(N)=O)n1. The smallest absolute Gasteiger partial charge is 0.330 e. The molecule has 4 N–H and O–H groups in total. The number of hydrogen-bond acceptors (Lipinski definition) is 4. The van der Waals surface area contributed by atoms with Crippen LogP contribution in [0.1, 0.15) is 11.4 Å². The van der Waals surface area contributed by atoms with Gasteiger partial charge in [-0.05, 0) is 19.9 Å². The summed E-state index contributed by atoms with van der Waals surface area (Å²) in [4.78, 5) is 18.4. The van der Waals surface area contributed by atoms with Crippen molar-refractivity contribution in [3.05, 3.63) is 17.5 Å². The number of carbonyl (C=O) groups excluding carboxylic acids is 1. The first-order chi connectivity index (χ1) is 6.08. The second-order valence-corrected chi connectivity index (χ2v) is 2.59. The van der Waals surface area contributed by atoms with Crippen molar-refractivity contribution in [3.8, 4) is 0 Å². The minimum atomic E-state index is -0.678. The maximum Gasteiger partial charge on any atom is 0.330 e. The Hall–Kier alpha value is -1.85. The summed E-state index contributed by atoms with van der Waals surface area (Å²) < 4.78 is 0. The number of aromatic nitrogens is 2. The predicted octanol–water partition coefficient (Wildman–Crippen LogP) is 0.0886. The number of anilines is 1. The molecule has 0 saturated carbocycles. The Kier molecular flexibility index (Phi) is 2.63. The molecule has 0 aliphatic rings. The van der Waals surface area contributed by atoms with Gasteiger partial charge in [-0.25, -0.2) is 20.2 Å². The zero-order chi connectivity index (χ0) is 9.84. The average molecular weight is 181 g/mol. The molecule has 1 rings (SSSR count). The highest BCUT2D eigenvalue weighted by atomic mass is 16.2. The number of hydrazine groups is 1. The number of nitrogens with two attached hydrogens (primary N) is 1. The molecule has 0 aromatic carbocycles. The van der Waals surface area contributed by atoms with Crippen LogP contribution in [0.4, 0.5) is 10.7 Å². The van der Waals surface area contributed by atoms with E-state index in [4.69, 9.17) is 5.73 Å². The third-order valence-corrected chi connectivity index (χ3v) is 1.28. The van der Waals surface area contributed by atoms with Gasteiger partial charge in [0.25, 0.3) is 0 Å². The van der Waals surface area contributed by atoms with Gasteiger partial charge in [-0.2, -0.15) is 0 Å². The normalized spacial score (nSPS) is 9.38. The molecular formula is C7H11N5O. The van der Waals surface area contributed by atoms with Crippen molar-refractivity contribution in [1.29, 1.82) is 0 Å². The van der Waals surface area contributed by atoms with Crippen molar-refractivity contribution in [2.75, 3.05) is 5.43 Å². The van der Waals surface area contributed by atoms with Gasteiger partial charge in [0.2, 0.25) is 5.95 Å². The lowest BCUT2D eigenvalue weighted by molar-refractivity contribution is 0.250. The predicted molar refractivity (Wildman–Crippen MR) is 47.8 cm³/mol. The average Bonchev–Trinajstić information content (AvgIpc) is 1.99. The van der Waals surface area contributed by atoms with Gasteiger partial charge >= 0.3 is 6.03 Å². The summed E-state index contributed by atoms with van der Waals surface area (Å²) in [5.41, 5.74) is 11.1. The molecule has 0 unspecified atom stereocenters. The van der Waals surface area contributed by atoms with Crippen LogP contribution in [0.5, 0.6) is 0 Å². The van der Waals surface area contributed by atoms with Gasteiger partial charge in [0.1, 0.15) is 0 Å². The van der Waals surface area contributed by atoms with Crippen LogP contribution in [0.15, 0.2) is 6.07 Å². The number of primary amides is 1. The molecule has 6 heteroatoms. The number of nitrogens with zero attached hydrogens (tertiary/aromatic N) is 2. The molecule has 0 atom stereocenters. The first-order valence-corrected chi connectivity index (χ1v) is 3.71. The van der Waals surface area contributed by atoms with E-state index in [0.717, 1.165) is 11.4 Å². The number of nitrogens with one attached hydrogen (secondary N) is 2. The molecule has 1 aromatic heterocycles. The molecule has 0 bridgehead atoms. The number of hydrogen-bond donors (Lipinski definition) is 3. The van der Waals surface area contributed by atoms with Crippen molar-refractivity contribution in [3.63, 3.8) is 0 Å². The summed E-state index contributed by atoms with van der Waals surface area (Å²) in [5.74, 6) is 0.330. The summed E-state index contributed by atoms with van der Waals surface area (Å²) in [5, 5.41) is 0. The van der Waals surface area contributed by atoms with Gasteiger partial charge in [0.15, 0.2) is 0 Å². The Morgan fingerprint density at radius 1 is 1.38 bits per heavy atom. The molecule has 13 heavy (non-hydrogen) atoms. The molecule has 2 amide bonds. The number of aryl methyl sites for hydroxylation is 2. The Balaban J connectivity index is 2.71. The fraction of sp³-hybridized carbons (Fsp3) is 0.286. The summed E-state index contributed by atoms with van der Waals surface area (Å²) >= 11 is 0. The molecule has 0 spiro atoms. The van der Waals surface area contributed by atoms with Crippen molar-refractivity contribution in [2.24, 2.45) is 5.73 Å². The highest BCUT2D eigenvalue weighted by Gasteiger charge is 1.98. The highest BCUT2D eigenvalue weighted by molar-refractivity contribution is 5.72. The maximum absolute atomic E-state index is 10.3. The number of carbonyl (C=O) groups is 1. The lowest BCUT2D eigenvalue weighted by Gasteiger charge is -2.05. The zero-order valence-electron chi connectivity index (χ0n) is 7.46. The second kappa shape index (κ2) is 3.70. The molecule has 1 aromatic rings. The van der Waals surface area contributed by atoms with Crippen molar-refractivity contribution in [1.82, 2.24) is 15.4 Å². The van der Waals surface area contributed by atoms with E-state index in [-0.39, 0.29) is 0 Å². The monoisotopic (exact) mass is 181 g/mol. The molecule has 70 valence electrons. The first kappa shape index (κ1) is 9.24. The number of amides is 2. The van der Waals surface area contributed by atoms with Crippen LogP contribution < -0.4 is 16.6 Å². The van der Waals surface area contributed by atoms with Crippen molar-refractivity contribution < 1.29 is 4.79 Å². The summed E-state index contributed by atoms with van der Waals surface area (Å²) in [6.45, 7) is 3.67. The highest BCUT2D eigenvalue weighted by Crippen LogP contribution is 2.01. The fourth-order valence-electron chi connectivity index (χ4n) is 0.899. The van der Waals surface area contributed by atoms with E-state index in [1.807, 2.05) is 19.9 Å². The Bertz CT molecular complexity index is 304. The van der Waals surface area contributed by atoms with Crippen LogP contribution >= 0.6 is 0 Å². The van der Waals surface area contributed by atoms with Crippen molar-refractivity contribution >= 4 is 12.0 Å². The second-order valence-electron chi connectivity index (χ2n) is 2.59. The molecule has 1 heterocycles. The van der Waals surface area contributed by atoms with Crippen LogP contribution in [-0.4, -0.2) is 16.0 Å². The van der Waals surface area contributed by atoms with Crippen LogP contribution in [0.3, 0.4) is 0 Å². The lowest BCUT2D eigenvalue weighted by Crippen LogP contribution is -2.35. The summed E-state index contributed by atoms with van der Waals surface area (Å²) in [6, 6.07) is 1.15. The topological polar surface area (TPSA) is 92.9 Å². The minimum absolute atomic E-state index is 0.330. The quantitative estimate of drug-likeness (QED) is 0.563. The van der Waals surface area contributed by atoms with Crippen molar-refractivity contribution in [2.45, 2.75) is 13.8 Å². The lowest BCUT2D eigenvalue weighted by atomic mass is 10.4. The van der Waals surface area contributed by atoms with E-state index in [1.54, 1.807) is 0 Å². The van der Waals surface area contributed by atoms with Crippen LogP contribution in [-0.2, 0) is 0 Å². The molecule has 0 fully saturated rings. The third kappa shape index (κ3) is 2.94. The summed E-state index contributed by atoms with van der Waals surface area (Å²) in [7, 11) is 0. The van der Waals surface area contributed by atoms with Gasteiger partial charge in [-0.1, -0.05) is 0 Å². The Morgan fingerprint density at radius 2 is 1.92 bits per heavy atom. The molecule has 0 aliphatic heterocycles. The molecular weight excluding hydrogens is 170 g/mol. The van der Waals surface area contributed by atoms with Crippen LogP contribution in [0.25, 0.3) is 0 Å². The van der Waals surface area contributed by atoms with E-state index in [0.29, 0.717) is 5.95 Å². The van der Waals surface area contributed by atoms with Crippen LogP contribution in [0.2, 0.25) is 0 Å². The molecule has 0 aliphatic carbocycles. The number of urea groups is 1. The summed E-state index contributed by atoms with van der Waals surface area (Å²) in [6.07, 6.45) is 0. The van der Waals surface area contributed by atoms with Gasteiger partial charge in [0, 0.05) is 11.4 Å². The van der Waals surface area contributed by atoms with Gasteiger partial charge in [0.05, 0.1) is 0 Å². The van der Waals surface area contributed by atoms with E-state index in [9.17, 15) is 4.79 Å². The van der Waals surface area contributed by atoms with E-state index in [2.05, 4.69) is 20.8 Å². The Labute approximate surface area is 75.5 Å². The molecule has 6 nitrogen and oxygen atoms in total. The largest absolute Gasteiger partial charge is 0.350 e. The zero-order valence-corrected chi connectivity index (χ0v) is 7.46. The first-order valence-electron chi connectivity index (χ1n) is 3.71. The molecule has 0 radical (unpaired) electrons. The van der Waals surface area contributed by atoms with E-state index in [1.165, 1.54) is 0 Å². The maximum atomic E-state index is 10.3. The number of rotatable bonds is 2.